The summed E-state index contributed by atoms with van der Waals surface area (Å²) in [5.41, 5.74) is 7.24. The number of hydrogen-bond acceptors (Lipinski definition) is 2. The Morgan fingerprint density at radius 3 is 2.44 bits per heavy atom. The third-order valence-electron chi connectivity index (χ3n) is 3.26. The largest absolute Gasteiger partial charge is 0.328 e. The van der Waals surface area contributed by atoms with Crippen molar-refractivity contribution < 1.29 is 0 Å². The summed E-state index contributed by atoms with van der Waals surface area (Å²) in [5, 5.41) is 0.813. The second kappa shape index (κ2) is 5.67. The molecule has 2 N–H and O–H groups in total. The molecule has 0 radical (unpaired) electrons. The molecule has 16 heavy (non-hydrogen) atoms. The van der Waals surface area contributed by atoms with Gasteiger partial charge in [-0.3, -0.25) is 0 Å². The van der Waals surface area contributed by atoms with Crippen LogP contribution in [0.1, 0.15) is 18.4 Å². The third kappa shape index (κ3) is 3.48. The minimum atomic E-state index is 0.423. The van der Waals surface area contributed by atoms with E-state index >= 15 is 0 Å². The molecule has 1 heterocycles. The number of hydrogen-bond donors (Lipinski definition) is 1. The van der Waals surface area contributed by atoms with Crippen LogP contribution >= 0.6 is 11.6 Å². The summed E-state index contributed by atoms with van der Waals surface area (Å²) in [6.07, 6.45) is 3.38. The third-order valence-corrected chi connectivity index (χ3v) is 3.51. The lowest BCUT2D eigenvalue weighted by Crippen LogP contribution is -2.40. The maximum atomic E-state index is 5.88. The summed E-state index contributed by atoms with van der Waals surface area (Å²) in [7, 11) is 0. The van der Waals surface area contributed by atoms with Crippen molar-refractivity contribution in [1.29, 1.82) is 0 Å². The van der Waals surface area contributed by atoms with Crippen LogP contribution in [0.2, 0.25) is 5.02 Å². The van der Waals surface area contributed by atoms with E-state index < -0.39 is 0 Å². The fraction of sp³-hybridized carbons (Fsp3) is 0.538. The molecule has 0 aliphatic carbocycles. The minimum Gasteiger partial charge on any atom is -0.328 e. The first kappa shape index (κ1) is 11.9. The molecule has 0 aromatic heterocycles. The lowest BCUT2D eigenvalue weighted by Gasteiger charge is -2.29. The van der Waals surface area contributed by atoms with Crippen molar-refractivity contribution in [3.05, 3.63) is 34.9 Å². The van der Waals surface area contributed by atoms with E-state index in [2.05, 4.69) is 17.0 Å². The number of rotatable bonds is 3. The van der Waals surface area contributed by atoms with Crippen LogP contribution < -0.4 is 5.73 Å². The number of benzene rings is 1. The van der Waals surface area contributed by atoms with Crippen molar-refractivity contribution in [1.82, 2.24) is 4.90 Å². The highest BCUT2D eigenvalue weighted by molar-refractivity contribution is 6.30. The van der Waals surface area contributed by atoms with Crippen molar-refractivity contribution >= 4 is 11.6 Å². The monoisotopic (exact) mass is 238 g/mol. The average molecular weight is 239 g/mol. The van der Waals surface area contributed by atoms with Crippen LogP contribution in [0.3, 0.4) is 0 Å². The maximum Gasteiger partial charge on any atom is 0.0406 e. The van der Waals surface area contributed by atoms with E-state index in [9.17, 15) is 0 Å². The Hall–Kier alpha value is -0.570. The Kier molecular flexibility index (Phi) is 4.22. The zero-order valence-electron chi connectivity index (χ0n) is 9.53. The number of nitrogens with two attached hydrogens (primary N) is 1. The summed E-state index contributed by atoms with van der Waals surface area (Å²) < 4.78 is 0. The van der Waals surface area contributed by atoms with Gasteiger partial charge in [-0.1, -0.05) is 23.7 Å². The Balaban J connectivity index is 1.77. The topological polar surface area (TPSA) is 29.3 Å². The number of nitrogens with zero attached hydrogens (tertiary/aromatic N) is 1. The normalized spacial score (nSPS) is 18.9. The predicted molar refractivity (Wildman–Crippen MR) is 68.8 cm³/mol. The lowest BCUT2D eigenvalue weighted by atomic mass is 10.1. The van der Waals surface area contributed by atoms with Crippen LogP contribution in [0.25, 0.3) is 0 Å². The fourth-order valence-electron chi connectivity index (χ4n) is 2.11. The average Bonchev–Trinajstić information content (AvgIpc) is 2.30. The summed E-state index contributed by atoms with van der Waals surface area (Å²) in [6.45, 7) is 3.43. The summed E-state index contributed by atoms with van der Waals surface area (Å²) >= 11 is 5.85. The molecule has 0 saturated carbocycles. The van der Waals surface area contributed by atoms with Gasteiger partial charge in [0.15, 0.2) is 0 Å². The van der Waals surface area contributed by atoms with Gasteiger partial charge in [0, 0.05) is 17.6 Å². The molecular weight excluding hydrogens is 220 g/mol. The minimum absolute atomic E-state index is 0.423. The second-order valence-electron chi connectivity index (χ2n) is 4.56. The highest BCUT2D eigenvalue weighted by Gasteiger charge is 2.15. The van der Waals surface area contributed by atoms with Gasteiger partial charge in [0.25, 0.3) is 0 Å². The van der Waals surface area contributed by atoms with Gasteiger partial charge < -0.3 is 10.6 Å². The van der Waals surface area contributed by atoms with Crippen LogP contribution in [0, 0.1) is 0 Å². The van der Waals surface area contributed by atoms with E-state index in [0.717, 1.165) is 43.9 Å². The van der Waals surface area contributed by atoms with Gasteiger partial charge in [0.05, 0.1) is 0 Å². The molecule has 1 aromatic rings. The molecule has 3 heteroatoms. The molecule has 0 amide bonds. The highest BCUT2D eigenvalue weighted by Crippen LogP contribution is 2.12. The van der Waals surface area contributed by atoms with Gasteiger partial charge in [-0.05, 0) is 50.0 Å². The zero-order valence-corrected chi connectivity index (χ0v) is 10.3. The molecule has 1 aliphatic rings. The first-order valence-electron chi connectivity index (χ1n) is 5.96. The molecule has 2 nitrogen and oxygen atoms in total. The molecule has 0 spiro atoms. The molecule has 0 bridgehead atoms. The van der Waals surface area contributed by atoms with Crippen molar-refractivity contribution in [2.24, 2.45) is 5.73 Å². The molecular formula is C13H19ClN2. The Morgan fingerprint density at radius 1 is 1.19 bits per heavy atom. The maximum absolute atomic E-state index is 5.88. The molecule has 1 aliphatic heterocycles. The molecule has 0 atom stereocenters. The zero-order chi connectivity index (χ0) is 11.4. The predicted octanol–water partition coefficient (Wildman–Crippen LogP) is 2.31. The first-order valence-corrected chi connectivity index (χ1v) is 6.34. The fourth-order valence-corrected chi connectivity index (χ4v) is 2.24. The Labute approximate surface area is 102 Å². The van der Waals surface area contributed by atoms with Crippen LogP contribution in [-0.4, -0.2) is 30.6 Å². The first-order chi connectivity index (χ1) is 7.74. The van der Waals surface area contributed by atoms with Gasteiger partial charge in [0.1, 0.15) is 0 Å². The molecule has 0 unspecified atom stereocenters. The quantitative estimate of drug-likeness (QED) is 0.876. The molecule has 1 aromatic carbocycles. The SMILES string of the molecule is NC1CCN(CCc2ccc(Cl)cc2)CC1. The van der Waals surface area contributed by atoms with Gasteiger partial charge in [0.2, 0.25) is 0 Å². The smallest absolute Gasteiger partial charge is 0.0406 e. The Morgan fingerprint density at radius 2 is 1.81 bits per heavy atom. The van der Waals surface area contributed by atoms with E-state index in [1.165, 1.54) is 5.56 Å². The Bertz CT molecular complexity index is 315. The van der Waals surface area contributed by atoms with Gasteiger partial charge in [-0.2, -0.15) is 0 Å². The van der Waals surface area contributed by atoms with E-state index in [-0.39, 0.29) is 0 Å². The number of piperidine rings is 1. The van der Waals surface area contributed by atoms with E-state index in [1.807, 2.05) is 12.1 Å². The summed E-state index contributed by atoms with van der Waals surface area (Å²) in [4.78, 5) is 2.50. The molecule has 1 fully saturated rings. The van der Waals surface area contributed by atoms with E-state index in [0.29, 0.717) is 6.04 Å². The molecule has 2 rings (SSSR count). The van der Waals surface area contributed by atoms with Crippen LogP contribution in [0.15, 0.2) is 24.3 Å². The van der Waals surface area contributed by atoms with E-state index in [1.54, 1.807) is 0 Å². The van der Waals surface area contributed by atoms with E-state index in [4.69, 9.17) is 17.3 Å². The number of halogens is 1. The van der Waals surface area contributed by atoms with Crippen molar-refractivity contribution in [2.45, 2.75) is 25.3 Å². The molecule has 88 valence electrons. The molecule has 1 saturated heterocycles. The van der Waals surface area contributed by atoms with Crippen LogP contribution in [0.5, 0.6) is 0 Å². The summed E-state index contributed by atoms with van der Waals surface area (Å²) in [5.74, 6) is 0. The van der Waals surface area contributed by atoms with Gasteiger partial charge in [-0.25, -0.2) is 0 Å². The van der Waals surface area contributed by atoms with Crippen molar-refractivity contribution in [3.63, 3.8) is 0 Å². The van der Waals surface area contributed by atoms with Crippen molar-refractivity contribution in [3.8, 4) is 0 Å². The van der Waals surface area contributed by atoms with Gasteiger partial charge >= 0.3 is 0 Å². The van der Waals surface area contributed by atoms with Crippen LogP contribution in [0.4, 0.5) is 0 Å². The lowest BCUT2D eigenvalue weighted by molar-refractivity contribution is 0.215. The van der Waals surface area contributed by atoms with Gasteiger partial charge in [-0.15, -0.1) is 0 Å². The summed E-state index contributed by atoms with van der Waals surface area (Å²) in [6, 6.07) is 8.56. The second-order valence-corrected chi connectivity index (χ2v) is 4.99. The van der Waals surface area contributed by atoms with Crippen molar-refractivity contribution in [2.75, 3.05) is 19.6 Å². The number of likely N-dealkylation sites (tertiary alicyclic amines) is 1. The highest BCUT2D eigenvalue weighted by atomic mass is 35.5. The standard InChI is InChI=1S/C13H19ClN2/c14-12-3-1-11(2-4-12)5-8-16-9-6-13(15)7-10-16/h1-4,13H,5-10,15H2. The van der Waals surface area contributed by atoms with Crippen LogP contribution in [-0.2, 0) is 6.42 Å².